The maximum absolute atomic E-state index is 13.1. The van der Waals surface area contributed by atoms with Gasteiger partial charge in [0, 0.05) is 17.1 Å². The standard InChI is InChI=1S/C24H30BrClN2O3/c1-6-17-9-12-21(20(25)13-17)31-15-22(29)28(14-18-7-10-19(26)11-8-18)16(2)23(30)27-24(3,4)5/h7-13,16H,6,14-15H2,1-5H3,(H,27,30)/t16-/m1/s1. The number of ether oxygens (including phenoxy) is 1. The maximum atomic E-state index is 13.1. The van der Waals surface area contributed by atoms with Crippen molar-refractivity contribution in [1.82, 2.24) is 10.2 Å². The third-order valence-corrected chi connectivity index (χ3v) is 5.56. The Morgan fingerprint density at radius 2 is 1.74 bits per heavy atom. The van der Waals surface area contributed by atoms with Crippen LogP contribution in [0.4, 0.5) is 0 Å². The van der Waals surface area contributed by atoms with E-state index in [4.69, 9.17) is 16.3 Å². The fourth-order valence-electron chi connectivity index (χ4n) is 2.95. The fraction of sp³-hybridized carbons (Fsp3) is 0.417. The van der Waals surface area contributed by atoms with E-state index in [9.17, 15) is 9.59 Å². The molecule has 2 amide bonds. The molecule has 5 nitrogen and oxygen atoms in total. The molecule has 7 heteroatoms. The van der Waals surface area contributed by atoms with E-state index < -0.39 is 11.6 Å². The Hall–Kier alpha value is -2.05. The first-order valence-corrected chi connectivity index (χ1v) is 11.4. The molecule has 168 valence electrons. The van der Waals surface area contributed by atoms with Gasteiger partial charge in [0.1, 0.15) is 11.8 Å². The van der Waals surface area contributed by atoms with Gasteiger partial charge in [-0.05, 0) is 85.4 Å². The SMILES string of the molecule is CCc1ccc(OCC(=O)N(Cc2ccc(Cl)cc2)[C@H](C)C(=O)NC(C)(C)C)c(Br)c1. The second-order valence-corrected chi connectivity index (χ2v) is 9.76. The molecule has 2 aromatic rings. The quantitative estimate of drug-likeness (QED) is 0.520. The summed E-state index contributed by atoms with van der Waals surface area (Å²) in [7, 11) is 0. The van der Waals surface area contributed by atoms with E-state index >= 15 is 0 Å². The Balaban J connectivity index is 2.18. The van der Waals surface area contributed by atoms with Gasteiger partial charge in [-0.3, -0.25) is 9.59 Å². The third-order valence-electron chi connectivity index (χ3n) is 4.69. The van der Waals surface area contributed by atoms with Crippen molar-refractivity contribution >= 4 is 39.3 Å². The van der Waals surface area contributed by atoms with Crippen LogP contribution in [0, 0.1) is 0 Å². The highest BCUT2D eigenvalue weighted by molar-refractivity contribution is 9.10. The lowest BCUT2D eigenvalue weighted by Crippen LogP contribution is -2.53. The summed E-state index contributed by atoms with van der Waals surface area (Å²) >= 11 is 9.48. The van der Waals surface area contributed by atoms with Crippen LogP contribution >= 0.6 is 27.5 Å². The number of halogens is 2. The van der Waals surface area contributed by atoms with Crippen molar-refractivity contribution in [3.8, 4) is 5.75 Å². The zero-order valence-electron chi connectivity index (χ0n) is 18.7. The minimum absolute atomic E-state index is 0.176. The van der Waals surface area contributed by atoms with Gasteiger partial charge in [0.15, 0.2) is 6.61 Å². The van der Waals surface area contributed by atoms with Crippen LogP contribution in [0.3, 0.4) is 0 Å². The van der Waals surface area contributed by atoms with Gasteiger partial charge in [0.2, 0.25) is 5.91 Å². The first kappa shape index (κ1) is 25.2. The van der Waals surface area contributed by atoms with Crippen LogP contribution in [0.2, 0.25) is 5.02 Å². The topological polar surface area (TPSA) is 58.6 Å². The van der Waals surface area contributed by atoms with E-state index in [0.29, 0.717) is 10.8 Å². The van der Waals surface area contributed by atoms with Crippen molar-refractivity contribution in [3.63, 3.8) is 0 Å². The van der Waals surface area contributed by atoms with Crippen molar-refractivity contribution in [3.05, 3.63) is 63.1 Å². The number of aryl methyl sites for hydroxylation is 1. The summed E-state index contributed by atoms with van der Waals surface area (Å²) in [5.74, 6) is 0.0880. The van der Waals surface area contributed by atoms with Gasteiger partial charge in [-0.25, -0.2) is 0 Å². The maximum Gasteiger partial charge on any atom is 0.261 e. The smallest absolute Gasteiger partial charge is 0.261 e. The lowest BCUT2D eigenvalue weighted by molar-refractivity contribution is -0.142. The van der Waals surface area contributed by atoms with E-state index in [0.717, 1.165) is 16.5 Å². The van der Waals surface area contributed by atoms with Crippen LogP contribution in [0.25, 0.3) is 0 Å². The van der Waals surface area contributed by atoms with Gasteiger partial charge < -0.3 is 15.0 Å². The molecule has 1 N–H and O–H groups in total. The Morgan fingerprint density at radius 3 is 2.29 bits per heavy atom. The summed E-state index contributed by atoms with van der Waals surface area (Å²) in [6.45, 7) is 9.61. The van der Waals surface area contributed by atoms with Crippen LogP contribution < -0.4 is 10.1 Å². The van der Waals surface area contributed by atoms with Gasteiger partial charge in [-0.15, -0.1) is 0 Å². The molecule has 0 spiro atoms. The normalized spacial score (nSPS) is 12.2. The monoisotopic (exact) mass is 508 g/mol. The average Bonchev–Trinajstić information content (AvgIpc) is 2.70. The molecular weight excluding hydrogens is 480 g/mol. The van der Waals surface area contributed by atoms with Gasteiger partial charge in [-0.1, -0.05) is 36.7 Å². The first-order chi connectivity index (χ1) is 14.5. The number of carbonyl (C=O) groups is 2. The van der Waals surface area contributed by atoms with Gasteiger partial charge in [0.25, 0.3) is 5.91 Å². The minimum atomic E-state index is -0.670. The summed E-state index contributed by atoms with van der Waals surface area (Å²) in [4.78, 5) is 27.4. The zero-order valence-corrected chi connectivity index (χ0v) is 21.0. The summed E-state index contributed by atoms with van der Waals surface area (Å²) in [5.41, 5.74) is 1.65. The molecule has 0 saturated heterocycles. The summed E-state index contributed by atoms with van der Waals surface area (Å²) in [5, 5.41) is 3.56. The lowest BCUT2D eigenvalue weighted by atomic mass is 10.1. The van der Waals surface area contributed by atoms with Crippen LogP contribution in [0.5, 0.6) is 5.75 Å². The van der Waals surface area contributed by atoms with Crippen LogP contribution in [-0.2, 0) is 22.6 Å². The predicted octanol–water partition coefficient (Wildman–Crippen LogP) is 5.38. The Kier molecular flexibility index (Phi) is 8.95. The highest BCUT2D eigenvalue weighted by atomic mass is 79.9. The summed E-state index contributed by atoms with van der Waals surface area (Å²) in [6, 6.07) is 12.3. The largest absolute Gasteiger partial charge is 0.483 e. The number of amides is 2. The van der Waals surface area contributed by atoms with Gasteiger partial charge in [0.05, 0.1) is 4.47 Å². The highest BCUT2D eigenvalue weighted by Gasteiger charge is 2.28. The third kappa shape index (κ3) is 7.86. The number of nitrogens with one attached hydrogen (secondary N) is 1. The van der Waals surface area contributed by atoms with E-state index in [1.165, 1.54) is 10.5 Å². The first-order valence-electron chi connectivity index (χ1n) is 10.3. The second-order valence-electron chi connectivity index (χ2n) is 8.47. The van der Waals surface area contributed by atoms with E-state index in [1.54, 1.807) is 19.1 Å². The highest BCUT2D eigenvalue weighted by Crippen LogP contribution is 2.26. The second kappa shape index (κ2) is 11.0. The van der Waals surface area contributed by atoms with Crippen LogP contribution in [-0.4, -0.2) is 34.9 Å². The number of hydrogen-bond acceptors (Lipinski definition) is 3. The van der Waals surface area contributed by atoms with E-state index in [2.05, 4.69) is 28.2 Å². The van der Waals surface area contributed by atoms with Gasteiger partial charge >= 0.3 is 0 Å². The molecule has 0 heterocycles. The molecule has 0 fully saturated rings. The number of hydrogen-bond donors (Lipinski definition) is 1. The molecule has 0 aliphatic rings. The molecule has 0 aliphatic carbocycles. The molecular formula is C24H30BrClN2O3. The molecule has 2 rings (SSSR count). The summed E-state index contributed by atoms with van der Waals surface area (Å²) < 4.78 is 6.57. The predicted molar refractivity (Wildman–Crippen MR) is 128 cm³/mol. The van der Waals surface area contributed by atoms with Crippen molar-refractivity contribution in [2.45, 2.75) is 59.2 Å². The summed E-state index contributed by atoms with van der Waals surface area (Å²) in [6.07, 6.45) is 0.910. The van der Waals surface area contributed by atoms with Crippen molar-refractivity contribution in [1.29, 1.82) is 0 Å². The zero-order chi connectivity index (χ0) is 23.2. The average molecular weight is 510 g/mol. The molecule has 0 aliphatic heterocycles. The number of benzene rings is 2. The number of carbonyl (C=O) groups excluding carboxylic acids is 2. The molecule has 0 saturated carbocycles. The molecule has 0 bridgehead atoms. The van der Waals surface area contributed by atoms with Gasteiger partial charge in [-0.2, -0.15) is 0 Å². The fourth-order valence-corrected chi connectivity index (χ4v) is 3.61. The van der Waals surface area contributed by atoms with E-state index in [-0.39, 0.29) is 25.0 Å². The lowest BCUT2D eigenvalue weighted by Gasteiger charge is -2.31. The number of rotatable bonds is 8. The molecule has 2 aromatic carbocycles. The number of nitrogens with zero attached hydrogens (tertiary/aromatic N) is 1. The van der Waals surface area contributed by atoms with Crippen molar-refractivity contribution < 1.29 is 14.3 Å². The minimum Gasteiger partial charge on any atom is -0.483 e. The van der Waals surface area contributed by atoms with Crippen molar-refractivity contribution in [2.75, 3.05) is 6.61 Å². The van der Waals surface area contributed by atoms with E-state index in [1.807, 2.05) is 51.1 Å². The van der Waals surface area contributed by atoms with Crippen molar-refractivity contribution in [2.24, 2.45) is 0 Å². The Morgan fingerprint density at radius 1 is 1.13 bits per heavy atom. The molecule has 0 radical (unpaired) electrons. The molecule has 0 aromatic heterocycles. The molecule has 1 atom stereocenters. The van der Waals surface area contributed by atoms with Crippen LogP contribution in [0.1, 0.15) is 45.7 Å². The molecule has 31 heavy (non-hydrogen) atoms. The Bertz CT molecular complexity index is 910. The van der Waals surface area contributed by atoms with Crippen LogP contribution in [0.15, 0.2) is 46.9 Å². The Labute approximate surface area is 198 Å². The molecule has 0 unspecified atom stereocenters.